The Morgan fingerprint density at radius 1 is 1.27 bits per heavy atom. The van der Waals surface area contributed by atoms with Crippen molar-refractivity contribution >= 4 is 11.3 Å². The smallest absolute Gasteiger partial charge is 0.0641 e. The van der Waals surface area contributed by atoms with Crippen LogP contribution in [0.3, 0.4) is 0 Å². The number of aryl methyl sites for hydroxylation is 1. The summed E-state index contributed by atoms with van der Waals surface area (Å²) in [5, 5.41) is 18.6. The van der Waals surface area contributed by atoms with Crippen molar-refractivity contribution in [2.24, 2.45) is 0 Å². The van der Waals surface area contributed by atoms with Gasteiger partial charge in [-0.25, -0.2) is 0 Å². The molecule has 0 spiro atoms. The highest BCUT2D eigenvalue weighted by atomic mass is 32.1. The van der Waals surface area contributed by atoms with Gasteiger partial charge in [0.15, 0.2) is 0 Å². The molecule has 2 aromatic heterocycles. The molecule has 0 unspecified atom stereocenters. The van der Waals surface area contributed by atoms with Crippen LogP contribution in [0.15, 0.2) is 16.8 Å². The van der Waals surface area contributed by atoms with Gasteiger partial charge in [-0.3, -0.25) is 14.5 Å². The molecular weight excluding hydrogens is 344 g/mol. The van der Waals surface area contributed by atoms with Gasteiger partial charge in [0, 0.05) is 62.7 Å². The fourth-order valence-corrected chi connectivity index (χ4v) is 4.66. The Labute approximate surface area is 161 Å². The molecule has 0 bridgehead atoms. The molecule has 0 radical (unpaired) electrons. The van der Waals surface area contributed by atoms with Crippen molar-refractivity contribution in [2.75, 3.05) is 26.2 Å². The zero-order valence-corrected chi connectivity index (χ0v) is 17.3. The molecule has 1 aliphatic rings. The third-order valence-corrected chi connectivity index (χ3v) is 6.19. The molecule has 1 atom stereocenters. The average molecular weight is 377 g/mol. The molecule has 1 fully saturated rings. The van der Waals surface area contributed by atoms with Gasteiger partial charge in [-0.05, 0) is 56.5 Å². The maximum absolute atomic E-state index is 9.53. The number of thiophene rings is 1. The molecule has 0 aromatic carbocycles. The van der Waals surface area contributed by atoms with Crippen LogP contribution < -0.4 is 0 Å². The summed E-state index contributed by atoms with van der Waals surface area (Å²) >= 11 is 1.76. The van der Waals surface area contributed by atoms with Crippen molar-refractivity contribution in [3.05, 3.63) is 39.3 Å². The Balaban J connectivity index is 1.67. The first kappa shape index (κ1) is 19.5. The number of hydrogen-bond donors (Lipinski definition) is 1. The Morgan fingerprint density at radius 3 is 2.69 bits per heavy atom. The quantitative estimate of drug-likeness (QED) is 0.806. The molecule has 2 aromatic rings. The maximum atomic E-state index is 9.53. The van der Waals surface area contributed by atoms with E-state index in [1.54, 1.807) is 11.3 Å². The molecule has 0 amide bonds. The molecule has 3 rings (SSSR count). The lowest BCUT2D eigenvalue weighted by Crippen LogP contribution is -2.52. The van der Waals surface area contributed by atoms with Gasteiger partial charge in [0.05, 0.1) is 5.69 Å². The van der Waals surface area contributed by atoms with E-state index in [1.165, 1.54) is 16.8 Å². The lowest BCUT2D eigenvalue weighted by atomic mass is 10.1. The summed E-state index contributed by atoms with van der Waals surface area (Å²) in [6.07, 6.45) is 0.837. The van der Waals surface area contributed by atoms with Crippen molar-refractivity contribution in [1.82, 2.24) is 19.6 Å². The van der Waals surface area contributed by atoms with Gasteiger partial charge in [0.1, 0.15) is 0 Å². The van der Waals surface area contributed by atoms with Crippen LogP contribution in [-0.4, -0.2) is 57.0 Å². The van der Waals surface area contributed by atoms with Crippen LogP contribution in [-0.2, 0) is 13.1 Å². The molecule has 1 saturated heterocycles. The summed E-state index contributed by atoms with van der Waals surface area (Å²) in [6, 6.07) is 3.02. The standard InChI is InChI=1S/C20H32N4OS/c1-15(2)24-17(4)20(16(3)21-24)13-22-7-8-23(19(12-22)5-9-25)11-18-6-10-26-14-18/h6,10,14-15,19,25H,5,7-9,11-13H2,1-4H3/t19-/m0/s1. The maximum Gasteiger partial charge on any atom is 0.0641 e. The van der Waals surface area contributed by atoms with E-state index in [1.807, 2.05) is 0 Å². The van der Waals surface area contributed by atoms with Crippen LogP contribution in [0, 0.1) is 13.8 Å². The van der Waals surface area contributed by atoms with Crippen LogP contribution in [0.2, 0.25) is 0 Å². The van der Waals surface area contributed by atoms with Gasteiger partial charge in [-0.1, -0.05) is 0 Å². The van der Waals surface area contributed by atoms with Gasteiger partial charge >= 0.3 is 0 Å². The molecule has 1 aliphatic heterocycles. The lowest BCUT2D eigenvalue weighted by Gasteiger charge is -2.41. The molecule has 3 heterocycles. The predicted octanol–water partition coefficient (Wildman–Crippen LogP) is 3.21. The van der Waals surface area contributed by atoms with Crippen LogP contribution >= 0.6 is 11.3 Å². The number of hydrogen-bond acceptors (Lipinski definition) is 5. The van der Waals surface area contributed by atoms with Crippen LogP contribution in [0.4, 0.5) is 0 Å². The highest BCUT2D eigenvalue weighted by molar-refractivity contribution is 7.07. The first-order chi connectivity index (χ1) is 12.5. The van der Waals surface area contributed by atoms with Gasteiger partial charge < -0.3 is 5.11 Å². The van der Waals surface area contributed by atoms with Gasteiger partial charge in [-0.15, -0.1) is 0 Å². The number of aliphatic hydroxyl groups excluding tert-OH is 1. The Kier molecular flexibility index (Phi) is 6.51. The zero-order chi connectivity index (χ0) is 18.7. The van der Waals surface area contributed by atoms with Crippen molar-refractivity contribution in [3.8, 4) is 0 Å². The SMILES string of the molecule is Cc1nn(C(C)C)c(C)c1CN1CCN(Cc2ccsc2)[C@@H](CCO)C1. The Bertz CT molecular complexity index is 695. The summed E-state index contributed by atoms with van der Waals surface area (Å²) in [6.45, 7) is 14.0. The van der Waals surface area contributed by atoms with Gasteiger partial charge in [-0.2, -0.15) is 16.4 Å². The second-order valence-corrected chi connectivity index (χ2v) is 8.47. The fraction of sp³-hybridized carbons (Fsp3) is 0.650. The van der Waals surface area contributed by atoms with Gasteiger partial charge in [0.25, 0.3) is 0 Å². The minimum atomic E-state index is 0.252. The minimum Gasteiger partial charge on any atom is -0.396 e. The van der Waals surface area contributed by atoms with E-state index in [0.717, 1.165) is 44.8 Å². The molecule has 5 nitrogen and oxygen atoms in total. The predicted molar refractivity (Wildman–Crippen MR) is 108 cm³/mol. The highest BCUT2D eigenvalue weighted by Gasteiger charge is 2.28. The normalized spacial score (nSPS) is 19.5. The van der Waals surface area contributed by atoms with E-state index in [4.69, 9.17) is 5.10 Å². The molecular formula is C20H32N4OS. The molecule has 0 aliphatic carbocycles. The molecule has 1 N–H and O–H groups in total. The second-order valence-electron chi connectivity index (χ2n) is 7.69. The van der Waals surface area contributed by atoms with Crippen molar-refractivity contribution in [1.29, 1.82) is 0 Å². The summed E-state index contributed by atoms with van der Waals surface area (Å²) in [5.74, 6) is 0. The first-order valence-electron chi connectivity index (χ1n) is 9.62. The number of piperazine rings is 1. The first-order valence-corrected chi connectivity index (χ1v) is 10.6. The highest BCUT2D eigenvalue weighted by Crippen LogP contribution is 2.23. The summed E-state index contributed by atoms with van der Waals surface area (Å²) < 4.78 is 2.14. The zero-order valence-electron chi connectivity index (χ0n) is 16.5. The average Bonchev–Trinajstić information content (AvgIpc) is 3.20. The monoisotopic (exact) mass is 376 g/mol. The third-order valence-electron chi connectivity index (χ3n) is 5.46. The van der Waals surface area contributed by atoms with Crippen LogP contribution in [0.1, 0.15) is 48.8 Å². The third kappa shape index (κ3) is 4.36. The van der Waals surface area contributed by atoms with E-state index >= 15 is 0 Å². The van der Waals surface area contributed by atoms with E-state index in [-0.39, 0.29) is 6.61 Å². The van der Waals surface area contributed by atoms with E-state index in [9.17, 15) is 5.11 Å². The summed E-state index contributed by atoms with van der Waals surface area (Å²) in [4.78, 5) is 5.07. The van der Waals surface area contributed by atoms with Gasteiger partial charge in [0.2, 0.25) is 0 Å². The molecule has 0 saturated carbocycles. The van der Waals surface area contributed by atoms with E-state index in [0.29, 0.717) is 12.1 Å². The molecule has 6 heteroatoms. The Morgan fingerprint density at radius 2 is 2.08 bits per heavy atom. The van der Waals surface area contributed by atoms with E-state index < -0.39 is 0 Å². The number of aliphatic hydroxyl groups is 1. The summed E-state index contributed by atoms with van der Waals surface area (Å²) in [5.41, 5.74) is 5.19. The van der Waals surface area contributed by atoms with Crippen LogP contribution in [0.5, 0.6) is 0 Å². The van der Waals surface area contributed by atoms with Crippen molar-refractivity contribution < 1.29 is 5.11 Å². The minimum absolute atomic E-state index is 0.252. The number of aromatic nitrogens is 2. The fourth-order valence-electron chi connectivity index (χ4n) is 4.00. The molecule has 144 valence electrons. The largest absolute Gasteiger partial charge is 0.396 e. The van der Waals surface area contributed by atoms with Crippen molar-refractivity contribution in [2.45, 2.75) is 59.3 Å². The Hall–Kier alpha value is -1.21. The van der Waals surface area contributed by atoms with Crippen molar-refractivity contribution in [3.63, 3.8) is 0 Å². The molecule has 26 heavy (non-hydrogen) atoms. The number of rotatable bonds is 7. The number of nitrogens with zero attached hydrogens (tertiary/aromatic N) is 4. The van der Waals surface area contributed by atoms with Crippen LogP contribution in [0.25, 0.3) is 0 Å². The topological polar surface area (TPSA) is 44.5 Å². The lowest BCUT2D eigenvalue weighted by molar-refractivity contribution is 0.0498. The second kappa shape index (κ2) is 8.65. The van der Waals surface area contributed by atoms with E-state index in [2.05, 4.69) is 59.0 Å². The summed E-state index contributed by atoms with van der Waals surface area (Å²) in [7, 11) is 0.